The molecule has 1 aromatic carbocycles. The molecule has 2 heterocycles. The number of piperidine rings is 1. The van der Waals surface area contributed by atoms with Crippen molar-refractivity contribution in [3.8, 4) is 11.8 Å². The molecule has 1 aliphatic carbocycles. The van der Waals surface area contributed by atoms with Crippen LogP contribution in [0.15, 0.2) is 87.5 Å². The number of hydrogen-bond donors (Lipinski definition) is 2. The molecule has 1 fully saturated rings. The van der Waals surface area contributed by atoms with Crippen LogP contribution >= 0.6 is 0 Å². The second-order valence-electron chi connectivity index (χ2n) is 10.3. The van der Waals surface area contributed by atoms with E-state index in [0.29, 0.717) is 34.4 Å². The van der Waals surface area contributed by atoms with Crippen molar-refractivity contribution in [2.45, 2.75) is 38.8 Å². The summed E-state index contributed by atoms with van der Waals surface area (Å²) in [5, 5.41) is 6.07. The highest BCUT2D eigenvalue weighted by atomic mass is 19.2. The van der Waals surface area contributed by atoms with Gasteiger partial charge >= 0.3 is 0 Å². The molecule has 224 valence electrons. The Labute approximate surface area is 250 Å². The Bertz CT molecular complexity index is 1620. The number of benzene rings is 1. The molecular formula is C33H36F2N6O2. The molecule has 2 aliphatic rings. The smallest absolute Gasteiger partial charge is 0.263 e. The van der Waals surface area contributed by atoms with Crippen LogP contribution in [0.2, 0.25) is 0 Å². The molecule has 0 spiro atoms. The van der Waals surface area contributed by atoms with Gasteiger partial charge in [0.2, 0.25) is 0 Å². The van der Waals surface area contributed by atoms with Gasteiger partial charge in [-0.1, -0.05) is 31.4 Å². The van der Waals surface area contributed by atoms with Crippen LogP contribution in [0, 0.1) is 23.5 Å². The maximum Gasteiger partial charge on any atom is 0.263 e. The van der Waals surface area contributed by atoms with Crippen molar-refractivity contribution >= 4 is 17.3 Å². The third-order valence-electron chi connectivity index (χ3n) is 7.51. The Balaban J connectivity index is 1.39. The Kier molecular flexibility index (Phi) is 10.6. The summed E-state index contributed by atoms with van der Waals surface area (Å²) in [5.41, 5.74) is 1.79. The van der Waals surface area contributed by atoms with Gasteiger partial charge in [0.15, 0.2) is 11.6 Å². The number of carbonyl (C=O) groups is 1. The number of aromatic nitrogens is 1. The van der Waals surface area contributed by atoms with E-state index in [1.165, 1.54) is 22.9 Å². The zero-order valence-corrected chi connectivity index (χ0v) is 24.7. The minimum absolute atomic E-state index is 0.00297. The first kappa shape index (κ1) is 31.3. The van der Waals surface area contributed by atoms with E-state index < -0.39 is 29.1 Å². The maximum atomic E-state index is 13.7. The lowest BCUT2D eigenvalue weighted by Gasteiger charge is -2.31. The first-order valence-electron chi connectivity index (χ1n) is 14.3. The van der Waals surface area contributed by atoms with Gasteiger partial charge < -0.3 is 20.1 Å². The molecule has 0 unspecified atom stereocenters. The quantitative estimate of drug-likeness (QED) is 0.361. The normalized spacial score (nSPS) is 18.1. The van der Waals surface area contributed by atoms with E-state index in [1.54, 1.807) is 20.0 Å². The summed E-state index contributed by atoms with van der Waals surface area (Å²) in [4.78, 5) is 37.2. The molecule has 1 amide bonds. The topological polar surface area (TPSA) is 91.1 Å². The van der Waals surface area contributed by atoms with Crippen LogP contribution < -0.4 is 16.2 Å². The molecule has 2 aromatic rings. The minimum Gasteiger partial charge on any atom is -0.368 e. The van der Waals surface area contributed by atoms with Gasteiger partial charge in [-0.2, -0.15) is 0 Å². The highest BCUT2D eigenvalue weighted by molar-refractivity contribution is 6.51. The molecule has 4 rings (SSSR count). The Morgan fingerprint density at radius 3 is 2.63 bits per heavy atom. The molecule has 0 bridgehead atoms. The average Bonchev–Trinajstić information content (AvgIpc) is 3.00. The number of aliphatic imine (C=N–C) groups is 2. The molecule has 1 saturated heterocycles. The first-order chi connectivity index (χ1) is 20.7. The van der Waals surface area contributed by atoms with Crippen LogP contribution in [0.5, 0.6) is 0 Å². The molecular weight excluding hydrogens is 550 g/mol. The van der Waals surface area contributed by atoms with E-state index in [0.717, 1.165) is 44.6 Å². The monoisotopic (exact) mass is 586 g/mol. The van der Waals surface area contributed by atoms with Gasteiger partial charge in [0.05, 0.1) is 24.0 Å². The number of amides is 1. The van der Waals surface area contributed by atoms with Gasteiger partial charge in [-0.3, -0.25) is 14.6 Å². The predicted octanol–water partition coefficient (Wildman–Crippen LogP) is 4.02. The summed E-state index contributed by atoms with van der Waals surface area (Å²) < 4.78 is 28.4. The second-order valence-corrected chi connectivity index (χ2v) is 10.3. The molecule has 43 heavy (non-hydrogen) atoms. The third-order valence-corrected chi connectivity index (χ3v) is 7.51. The van der Waals surface area contributed by atoms with Crippen molar-refractivity contribution in [3.63, 3.8) is 0 Å². The number of pyridine rings is 1. The summed E-state index contributed by atoms with van der Waals surface area (Å²) in [6, 6.07) is 6.13. The number of halogens is 2. The van der Waals surface area contributed by atoms with Crippen molar-refractivity contribution in [3.05, 3.63) is 106 Å². The molecule has 8 nitrogen and oxygen atoms in total. The van der Waals surface area contributed by atoms with Gasteiger partial charge in [-0.25, -0.2) is 13.8 Å². The number of likely N-dealkylation sites (tertiary alicyclic amines) is 1. The maximum absolute atomic E-state index is 13.7. The summed E-state index contributed by atoms with van der Waals surface area (Å²) in [6.45, 7) is 11.1. The van der Waals surface area contributed by atoms with Crippen molar-refractivity contribution < 1.29 is 13.6 Å². The molecule has 10 heteroatoms. The van der Waals surface area contributed by atoms with Crippen LogP contribution in [0.1, 0.15) is 48.7 Å². The molecule has 1 aliphatic heterocycles. The summed E-state index contributed by atoms with van der Waals surface area (Å²) in [6.07, 6.45) is 9.04. The Hall–Kier alpha value is -4.62. The molecule has 2 N–H and O–H groups in total. The summed E-state index contributed by atoms with van der Waals surface area (Å²) >= 11 is 0. The molecule has 0 saturated carbocycles. The largest absolute Gasteiger partial charge is 0.368 e. The molecule has 0 radical (unpaired) electrons. The lowest BCUT2D eigenvalue weighted by molar-refractivity contribution is 0.0956. The van der Waals surface area contributed by atoms with E-state index in [2.05, 4.69) is 50.9 Å². The summed E-state index contributed by atoms with van der Waals surface area (Å²) in [5.74, 6) is 3.93. The zero-order chi connectivity index (χ0) is 30.9. The number of rotatable bonds is 8. The van der Waals surface area contributed by atoms with Crippen LogP contribution in [-0.2, 0) is 0 Å². The Morgan fingerprint density at radius 2 is 1.93 bits per heavy atom. The number of allylic oxidation sites excluding steroid dienone is 4. The summed E-state index contributed by atoms with van der Waals surface area (Å²) in [7, 11) is 1.70. The van der Waals surface area contributed by atoms with E-state index in [9.17, 15) is 18.4 Å². The van der Waals surface area contributed by atoms with Crippen molar-refractivity contribution in [2.24, 2.45) is 9.98 Å². The fraction of sp³-hybridized carbons (Fsp3) is 0.333. The zero-order valence-electron chi connectivity index (χ0n) is 24.7. The highest BCUT2D eigenvalue weighted by Crippen LogP contribution is 2.19. The third kappa shape index (κ3) is 8.02. The van der Waals surface area contributed by atoms with Gasteiger partial charge in [-0.15, -0.1) is 0 Å². The van der Waals surface area contributed by atoms with Gasteiger partial charge in [0, 0.05) is 37.9 Å². The van der Waals surface area contributed by atoms with Gasteiger partial charge in [-0.05, 0) is 74.4 Å². The average molecular weight is 587 g/mol. The number of carbonyl (C=O) groups excluding carboxylic acids is 1. The molecule has 1 atom stereocenters. The SMILES string of the molecule is C=C(/N=C1/C=C(C#CCNC(=O)c2cccn([C@@H](C)c3ccc(F)c(F)c3)c2=O)C=C/C1=N/C)NC1CCN(CC)CC1. The lowest BCUT2D eigenvalue weighted by atomic mass is 10.0. The number of nitrogens with zero attached hydrogens (tertiary/aromatic N) is 4. The highest BCUT2D eigenvalue weighted by Gasteiger charge is 2.19. The second kappa shape index (κ2) is 14.5. The predicted molar refractivity (Wildman–Crippen MR) is 166 cm³/mol. The standard InChI is InChI=1S/C33H36F2N6O2/c1-5-40-18-14-26(15-19-40)38-23(3)39-31-20-24(10-13-30(31)36-4)8-6-16-37-32(42)27-9-7-17-41(33(27)43)22(2)25-11-12-28(34)29(35)21-25/h7,9-13,17,20-22,26,38H,3,5,14-16,18-19H2,1-2,4H3,(H,37,42)/b36-30-,39-31-/t22-/m0/s1. The lowest BCUT2D eigenvalue weighted by Crippen LogP contribution is -2.41. The number of hydrogen-bond acceptors (Lipinski definition) is 6. The Morgan fingerprint density at radius 1 is 1.16 bits per heavy atom. The first-order valence-corrected chi connectivity index (χ1v) is 14.3. The van der Waals surface area contributed by atoms with Crippen LogP contribution in [0.3, 0.4) is 0 Å². The number of nitrogens with one attached hydrogen (secondary N) is 2. The minimum atomic E-state index is -1.01. The fourth-order valence-corrected chi connectivity index (χ4v) is 4.97. The van der Waals surface area contributed by atoms with E-state index in [-0.39, 0.29) is 12.1 Å². The van der Waals surface area contributed by atoms with Crippen molar-refractivity contribution in [1.29, 1.82) is 0 Å². The van der Waals surface area contributed by atoms with E-state index in [1.807, 2.05) is 18.2 Å². The van der Waals surface area contributed by atoms with Crippen molar-refractivity contribution in [2.75, 3.05) is 33.2 Å². The van der Waals surface area contributed by atoms with Crippen molar-refractivity contribution in [1.82, 2.24) is 20.1 Å². The molecule has 1 aromatic heterocycles. The van der Waals surface area contributed by atoms with E-state index in [4.69, 9.17) is 0 Å². The van der Waals surface area contributed by atoms with Crippen LogP contribution in [0.25, 0.3) is 0 Å². The van der Waals surface area contributed by atoms with Gasteiger partial charge in [0.1, 0.15) is 11.4 Å². The van der Waals surface area contributed by atoms with Crippen LogP contribution in [-0.4, -0.2) is 66.1 Å². The van der Waals surface area contributed by atoms with Crippen LogP contribution in [0.4, 0.5) is 8.78 Å². The fourth-order valence-electron chi connectivity index (χ4n) is 4.97. The van der Waals surface area contributed by atoms with Gasteiger partial charge in [0.25, 0.3) is 11.5 Å². The van der Waals surface area contributed by atoms with E-state index >= 15 is 0 Å².